The molecule has 14 heavy (non-hydrogen) atoms. The molecule has 0 spiro atoms. The maximum atomic E-state index is 9.61. The van der Waals surface area contributed by atoms with Crippen LogP contribution in [0.25, 0.3) is 0 Å². The van der Waals surface area contributed by atoms with E-state index in [0.29, 0.717) is 18.1 Å². The fourth-order valence-electron chi connectivity index (χ4n) is 1.31. The number of aliphatic hydroxyl groups is 1. The summed E-state index contributed by atoms with van der Waals surface area (Å²) in [7, 11) is 1.83. The molecule has 0 unspecified atom stereocenters. The maximum Gasteiger partial charge on any atom is 0.155 e. The summed E-state index contributed by atoms with van der Waals surface area (Å²) in [5, 5.41) is 9.61. The summed E-state index contributed by atoms with van der Waals surface area (Å²) >= 11 is 0. The Hall–Kier alpha value is -1.36. The minimum atomic E-state index is -0.772. The maximum absolute atomic E-state index is 9.61. The molecule has 78 valence electrons. The molecular weight excluding hydrogens is 180 g/mol. The molecule has 1 heterocycles. The number of anilines is 2. The van der Waals surface area contributed by atoms with Gasteiger partial charge in [0.25, 0.3) is 0 Å². The van der Waals surface area contributed by atoms with E-state index in [1.165, 1.54) is 6.33 Å². The first-order valence-electron chi connectivity index (χ1n) is 4.39. The predicted octanol–water partition coefficient (Wildman–Crippen LogP) is 0.266. The number of rotatable bonds is 3. The van der Waals surface area contributed by atoms with Crippen LogP contribution in [0, 0.1) is 0 Å². The van der Waals surface area contributed by atoms with Crippen LogP contribution < -0.4 is 10.6 Å². The van der Waals surface area contributed by atoms with Gasteiger partial charge in [0.05, 0.1) is 17.5 Å². The number of aromatic nitrogens is 2. The minimum absolute atomic E-state index is 0.466. The summed E-state index contributed by atoms with van der Waals surface area (Å²) < 4.78 is 0. The Labute approximate surface area is 83.6 Å². The van der Waals surface area contributed by atoms with Crippen LogP contribution in [-0.4, -0.2) is 34.3 Å². The van der Waals surface area contributed by atoms with Gasteiger partial charge in [-0.2, -0.15) is 0 Å². The molecule has 5 heteroatoms. The minimum Gasteiger partial charge on any atom is -0.394 e. The van der Waals surface area contributed by atoms with Crippen LogP contribution in [-0.2, 0) is 0 Å². The van der Waals surface area contributed by atoms with E-state index in [0.717, 1.165) is 0 Å². The number of nitrogens with zero attached hydrogens (tertiary/aromatic N) is 3. The van der Waals surface area contributed by atoms with Crippen molar-refractivity contribution in [2.75, 3.05) is 24.2 Å². The molecule has 0 radical (unpaired) electrons. The second-order valence-electron chi connectivity index (χ2n) is 3.97. The molecule has 0 aliphatic rings. The molecule has 0 bridgehead atoms. The van der Waals surface area contributed by atoms with Crippen LogP contribution in [0.1, 0.15) is 13.8 Å². The lowest BCUT2D eigenvalue weighted by atomic mass is 10.1. The van der Waals surface area contributed by atoms with E-state index in [9.17, 15) is 5.11 Å². The van der Waals surface area contributed by atoms with Gasteiger partial charge in [0.2, 0.25) is 0 Å². The van der Waals surface area contributed by atoms with E-state index in [-0.39, 0.29) is 0 Å². The van der Waals surface area contributed by atoms with Crippen molar-refractivity contribution in [2.24, 2.45) is 0 Å². The highest BCUT2D eigenvalue weighted by Crippen LogP contribution is 2.18. The highest BCUT2D eigenvalue weighted by molar-refractivity contribution is 5.60. The third kappa shape index (κ3) is 2.85. The summed E-state index contributed by atoms with van der Waals surface area (Å²) in [6.45, 7) is 3.94. The molecule has 0 aliphatic heterocycles. The summed E-state index contributed by atoms with van der Waals surface area (Å²) in [4.78, 5) is 9.64. The molecule has 1 aromatic rings. The van der Waals surface area contributed by atoms with E-state index >= 15 is 0 Å². The highest BCUT2D eigenvalue weighted by Gasteiger charge is 2.17. The van der Waals surface area contributed by atoms with E-state index in [4.69, 9.17) is 5.73 Å². The standard InChI is InChI=1S/C9H16N4O/c1-9(2,14)5-13(3)8-7(10)4-11-6-12-8/h4,6,14H,5,10H2,1-3H3. The van der Waals surface area contributed by atoms with E-state index in [1.807, 2.05) is 7.05 Å². The van der Waals surface area contributed by atoms with Crippen LogP contribution in [0.3, 0.4) is 0 Å². The number of nitrogens with two attached hydrogens (primary N) is 1. The molecule has 0 fully saturated rings. The van der Waals surface area contributed by atoms with Crippen molar-refractivity contribution in [3.63, 3.8) is 0 Å². The van der Waals surface area contributed by atoms with Gasteiger partial charge in [0.15, 0.2) is 5.82 Å². The summed E-state index contributed by atoms with van der Waals surface area (Å²) in [6, 6.07) is 0. The van der Waals surface area contributed by atoms with Crippen LogP contribution in [0.15, 0.2) is 12.5 Å². The quantitative estimate of drug-likeness (QED) is 0.725. The molecule has 3 N–H and O–H groups in total. The fourth-order valence-corrected chi connectivity index (χ4v) is 1.31. The molecule has 1 aromatic heterocycles. The molecule has 0 atom stereocenters. The zero-order chi connectivity index (χ0) is 10.8. The number of hydrogen-bond donors (Lipinski definition) is 2. The van der Waals surface area contributed by atoms with Crippen molar-refractivity contribution < 1.29 is 5.11 Å². The predicted molar refractivity (Wildman–Crippen MR) is 56.0 cm³/mol. The highest BCUT2D eigenvalue weighted by atomic mass is 16.3. The van der Waals surface area contributed by atoms with Crippen LogP contribution in [0.5, 0.6) is 0 Å². The normalized spacial score (nSPS) is 11.4. The number of likely N-dealkylation sites (N-methyl/N-ethyl adjacent to an activating group) is 1. The molecule has 0 saturated heterocycles. The first-order valence-corrected chi connectivity index (χ1v) is 4.39. The van der Waals surface area contributed by atoms with Gasteiger partial charge < -0.3 is 15.7 Å². The number of nitrogen functional groups attached to an aromatic ring is 1. The summed E-state index contributed by atoms with van der Waals surface area (Å²) in [5.41, 5.74) is 5.43. The van der Waals surface area contributed by atoms with Gasteiger partial charge in [-0.05, 0) is 13.8 Å². The molecular formula is C9H16N4O. The third-order valence-electron chi connectivity index (χ3n) is 1.70. The zero-order valence-electron chi connectivity index (χ0n) is 8.73. The Balaban J connectivity index is 2.80. The van der Waals surface area contributed by atoms with E-state index < -0.39 is 5.60 Å². The molecule has 0 aliphatic carbocycles. The van der Waals surface area contributed by atoms with Gasteiger partial charge >= 0.3 is 0 Å². The Morgan fingerprint density at radius 2 is 2.21 bits per heavy atom. The molecule has 1 rings (SSSR count). The van der Waals surface area contributed by atoms with Crippen LogP contribution >= 0.6 is 0 Å². The monoisotopic (exact) mass is 196 g/mol. The van der Waals surface area contributed by atoms with Crippen molar-refractivity contribution in [1.29, 1.82) is 0 Å². The van der Waals surface area contributed by atoms with E-state index in [2.05, 4.69) is 9.97 Å². The largest absolute Gasteiger partial charge is 0.394 e. The van der Waals surface area contributed by atoms with Crippen molar-refractivity contribution in [3.05, 3.63) is 12.5 Å². The average Bonchev–Trinajstić information content (AvgIpc) is 2.01. The van der Waals surface area contributed by atoms with Crippen molar-refractivity contribution >= 4 is 11.5 Å². The lowest BCUT2D eigenvalue weighted by Crippen LogP contribution is -2.37. The van der Waals surface area contributed by atoms with Crippen LogP contribution in [0.2, 0.25) is 0 Å². The Morgan fingerprint density at radius 3 is 2.71 bits per heavy atom. The Morgan fingerprint density at radius 1 is 1.57 bits per heavy atom. The van der Waals surface area contributed by atoms with Gasteiger partial charge in [-0.25, -0.2) is 9.97 Å². The molecule has 0 aromatic carbocycles. The first-order chi connectivity index (χ1) is 6.40. The van der Waals surface area contributed by atoms with Crippen molar-refractivity contribution in [1.82, 2.24) is 9.97 Å². The van der Waals surface area contributed by atoms with Gasteiger partial charge in [-0.15, -0.1) is 0 Å². The molecule has 0 amide bonds. The average molecular weight is 196 g/mol. The number of hydrogen-bond acceptors (Lipinski definition) is 5. The van der Waals surface area contributed by atoms with Crippen molar-refractivity contribution in [2.45, 2.75) is 19.4 Å². The third-order valence-corrected chi connectivity index (χ3v) is 1.70. The summed E-state index contributed by atoms with van der Waals surface area (Å²) in [5.74, 6) is 0.641. The Kier molecular flexibility index (Phi) is 2.90. The lowest BCUT2D eigenvalue weighted by molar-refractivity contribution is 0.0885. The Bertz CT molecular complexity index is 308. The second kappa shape index (κ2) is 3.79. The SMILES string of the molecule is CN(CC(C)(C)O)c1ncncc1N. The lowest BCUT2D eigenvalue weighted by Gasteiger charge is -2.26. The molecule has 5 nitrogen and oxygen atoms in total. The summed E-state index contributed by atoms with van der Waals surface area (Å²) in [6.07, 6.45) is 2.98. The second-order valence-corrected chi connectivity index (χ2v) is 3.97. The smallest absolute Gasteiger partial charge is 0.155 e. The van der Waals surface area contributed by atoms with Gasteiger partial charge in [0, 0.05) is 13.6 Å². The first kappa shape index (κ1) is 10.7. The zero-order valence-corrected chi connectivity index (χ0v) is 8.73. The van der Waals surface area contributed by atoms with Gasteiger partial charge in [-0.1, -0.05) is 0 Å². The van der Waals surface area contributed by atoms with Crippen molar-refractivity contribution in [3.8, 4) is 0 Å². The van der Waals surface area contributed by atoms with Gasteiger partial charge in [-0.3, -0.25) is 0 Å². The van der Waals surface area contributed by atoms with Gasteiger partial charge in [0.1, 0.15) is 6.33 Å². The fraction of sp³-hybridized carbons (Fsp3) is 0.556. The molecule has 0 saturated carbocycles. The van der Waals surface area contributed by atoms with Crippen LogP contribution in [0.4, 0.5) is 11.5 Å². The topological polar surface area (TPSA) is 75.3 Å². The van der Waals surface area contributed by atoms with E-state index in [1.54, 1.807) is 24.9 Å².